The number of carbonyl (C=O) groups is 1. The van der Waals surface area contributed by atoms with Crippen molar-refractivity contribution < 1.29 is 22.8 Å². The first-order chi connectivity index (χ1) is 14.6. The lowest BCUT2D eigenvalue weighted by Crippen LogP contribution is -2.61. The van der Waals surface area contributed by atoms with Crippen molar-refractivity contribution in [2.24, 2.45) is 7.05 Å². The van der Waals surface area contributed by atoms with Gasteiger partial charge in [0.25, 0.3) is 5.56 Å². The van der Waals surface area contributed by atoms with E-state index in [-0.39, 0.29) is 24.6 Å². The largest absolute Gasteiger partial charge is 0.493 e. The highest BCUT2D eigenvalue weighted by molar-refractivity contribution is 5.80. The fourth-order valence-corrected chi connectivity index (χ4v) is 3.67. The van der Waals surface area contributed by atoms with Gasteiger partial charge in [-0.05, 0) is 13.8 Å². The molecule has 1 aromatic heterocycles. The van der Waals surface area contributed by atoms with Crippen molar-refractivity contribution in [3.8, 4) is 11.8 Å². The molecule has 1 fully saturated rings. The number of piperazine rings is 1. The molecule has 1 saturated heterocycles. The summed E-state index contributed by atoms with van der Waals surface area (Å²) in [5, 5.41) is 3.86. The lowest BCUT2D eigenvalue weighted by molar-refractivity contribution is -0.203. The van der Waals surface area contributed by atoms with E-state index in [2.05, 4.69) is 17.2 Å². The van der Waals surface area contributed by atoms with Crippen LogP contribution in [-0.2, 0) is 23.2 Å². The first kappa shape index (κ1) is 22.7. The minimum Gasteiger partial charge on any atom is -0.327 e. The zero-order chi connectivity index (χ0) is 22.9. The lowest BCUT2D eigenvalue weighted by Gasteiger charge is -2.40. The Labute approximate surface area is 175 Å². The predicted octanol–water partition coefficient (Wildman–Crippen LogP) is -0.574. The summed E-state index contributed by atoms with van der Waals surface area (Å²) in [6, 6.07) is 0. The molecule has 170 valence electrons. The Kier molecular flexibility index (Phi) is 6.33. The Hall–Kier alpha value is -2.98. The molecule has 2 aliphatic rings. The van der Waals surface area contributed by atoms with E-state index in [0.717, 1.165) is 14.2 Å². The molecule has 0 amide bonds. The molecule has 0 aliphatic carbocycles. The molecule has 1 unspecified atom stereocenters. The molecule has 0 bridgehead atoms. The third-order valence-corrected chi connectivity index (χ3v) is 5.11. The van der Waals surface area contributed by atoms with Crippen LogP contribution in [-0.4, -0.2) is 65.2 Å². The molecule has 0 spiro atoms. The smallest absolute Gasteiger partial charge is 0.327 e. The fourth-order valence-electron chi connectivity index (χ4n) is 3.67. The van der Waals surface area contributed by atoms with E-state index < -0.39 is 29.7 Å². The average Bonchev–Trinajstić information content (AvgIpc) is 3.04. The van der Waals surface area contributed by atoms with Crippen LogP contribution in [0.5, 0.6) is 0 Å². The van der Waals surface area contributed by atoms with Gasteiger partial charge in [-0.2, -0.15) is 13.2 Å². The van der Waals surface area contributed by atoms with E-state index in [1.165, 1.54) is 11.9 Å². The predicted molar refractivity (Wildman–Crippen MR) is 105 cm³/mol. The van der Waals surface area contributed by atoms with Crippen LogP contribution < -0.4 is 26.5 Å². The number of alkyl halides is 3. The van der Waals surface area contributed by atoms with Crippen LogP contribution >= 0.6 is 0 Å². The molecule has 3 heterocycles. The summed E-state index contributed by atoms with van der Waals surface area (Å²) in [5.41, 5.74) is -1.50. The second-order valence-electron chi connectivity index (χ2n) is 6.95. The molecular weight excluding hydrogens is 421 g/mol. The third-order valence-electron chi connectivity index (χ3n) is 5.11. The second-order valence-corrected chi connectivity index (χ2v) is 6.95. The molecule has 10 nitrogen and oxygen atoms in total. The summed E-state index contributed by atoms with van der Waals surface area (Å²) < 4.78 is 41.2. The second kappa shape index (κ2) is 8.64. The van der Waals surface area contributed by atoms with Crippen LogP contribution in [0.15, 0.2) is 9.59 Å². The molecule has 1 aromatic rings. The van der Waals surface area contributed by atoms with E-state index in [0.29, 0.717) is 26.2 Å². The van der Waals surface area contributed by atoms with Crippen LogP contribution in [0.3, 0.4) is 0 Å². The Morgan fingerprint density at radius 3 is 2.45 bits per heavy atom. The van der Waals surface area contributed by atoms with E-state index in [4.69, 9.17) is 4.84 Å². The fraction of sp³-hybridized carbons (Fsp3) is 0.611. The molecule has 31 heavy (non-hydrogen) atoms. The number of anilines is 2. The number of hydroxylamine groups is 1. The molecule has 0 radical (unpaired) electrons. The summed E-state index contributed by atoms with van der Waals surface area (Å²) in [7, 11) is 1.28. The third kappa shape index (κ3) is 4.00. The summed E-state index contributed by atoms with van der Waals surface area (Å²) in [6.45, 7) is 5.11. The number of fused-ring (bicyclic) bond motifs is 1. The Balaban J connectivity index is 2.26. The maximum atomic E-state index is 13.1. The van der Waals surface area contributed by atoms with Gasteiger partial charge in [0.2, 0.25) is 0 Å². The first-order valence-electron chi connectivity index (χ1n) is 9.66. The standard InChI is InChI=1S/C18H23F3N6O4/c1-4-6-9-26-12-13(25(5-2)17(30)23(3)14(12)28)27(31-15(29)18(19,20)21)16(26)24-10-7-22-8-11-24/h16,22H,5,7-11H2,1-3H3. The van der Waals surface area contributed by atoms with Gasteiger partial charge in [0.1, 0.15) is 0 Å². The summed E-state index contributed by atoms with van der Waals surface area (Å²) in [5.74, 6) is 2.86. The highest BCUT2D eigenvalue weighted by Crippen LogP contribution is 2.38. The van der Waals surface area contributed by atoms with Gasteiger partial charge in [-0.3, -0.25) is 18.8 Å². The van der Waals surface area contributed by atoms with Gasteiger partial charge >= 0.3 is 17.8 Å². The van der Waals surface area contributed by atoms with Gasteiger partial charge in [0, 0.05) is 39.8 Å². The monoisotopic (exact) mass is 444 g/mol. The molecule has 13 heteroatoms. The summed E-state index contributed by atoms with van der Waals surface area (Å²) in [6.07, 6.45) is -6.33. The average molecular weight is 444 g/mol. The highest BCUT2D eigenvalue weighted by Gasteiger charge is 2.50. The molecule has 2 aliphatic heterocycles. The van der Waals surface area contributed by atoms with Gasteiger partial charge in [-0.25, -0.2) is 9.59 Å². The van der Waals surface area contributed by atoms with Crippen LogP contribution in [0.2, 0.25) is 0 Å². The Bertz CT molecular complexity index is 1030. The highest BCUT2D eigenvalue weighted by atomic mass is 19.4. The van der Waals surface area contributed by atoms with Crippen LogP contribution in [0.25, 0.3) is 0 Å². The molecule has 3 rings (SSSR count). The number of rotatable bonds is 4. The zero-order valence-corrected chi connectivity index (χ0v) is 17.3. The van der Waals surface area contributed by atoms with Crippen molar-refractivity contribution in [3.05, 3.63) is 20.8 Å². The summed E-state index contributed by atoms with van der Waals surface area (Å²) in [4.78, 5) is 45.5. The number of nitrogens with one attached hydrogen (secondary N) is 1. The van der Waals surface area contributed by atoms with Gasteiger partial charge in [0.15, 0.2) is 17.8 Å². The van der Waals surface area contributed by atoms with Crippen LogP contribution in [0, 0.1) is 11.8 Å². The number of aromatic nitrogens is 2. The Morgan fingerprint density at radius 2 is 1.90 bits per heavy atom. The van der Waals surface area contributed by atoms with Gasteiger partial charge in [-0.1, -0.05) is 5.92 Å². The molecular formula is C18H23F3N6O4. The SMILES string of the molecule is CC#CCN1c2c(n(CC)c(=O)n(C)c2=O)N(OC(=O)C(F)(F)F)C1N1CCNCC1. The van der Waals surface area contributed by atoms with Crippen molar-refractivity contribution in [2.45, 2.75) is 32.9 Å². The number of carbonyl (C=O) groups excluding carboxylic acids is 1. The van der Waals surface area contributed by atoms with E-state index in [1.807, 2.05) is 0 Å². The lowest BCUT2D eigenvalue weighted by atomic mass is 10.3. The maximum absolute atomic E-state index is 13.1. The minimum atomic E-state index is -5.26. The molecule has 0 saturated carbocycles. The van der Waals surface area contributed by atoms with E-state index in [9.17, 15) is 27.6 Å². The summed E-state index contributed by atoms with van der Waals surface area (Å²) >= 11 is 0. The minimum absolute atomic E-state index is 0.0185. The van der Waals surface area contributed by atoms with E-state index >= 15 is 0 Å². The van der Waals surface area contributed by atoms with Crippen molar-refractivity contribution in [2.75, 3.05) is 42.7 Å². The number of hydrogen-bond donors (Lipinski definition) is 1. The van der Waals surface area contributed by atoms with Crippen LogP contribution in [0.1, 0.15) is 13.8 Å². The van der Waals surface area contributed by atoms with Crippen molar-refractivity contribution >= 4 is 17.5 Å². The van der Waals surface area contributed by atoms with Crippen LogP contribution in [0.4, 0.5) is 24.7 Å². The topological polar surface area (TPSA) is 92.0 Å². The molecule has 1 N–H and O–H groups in total. The normalized spacial score (nSPS) is 19.1. The van der Waals surface area contributed by atoms with Gasteiger partial charge in [0.05, 0.1) is 6.54 Å². The first-order valence-corrected chi connectivity index (χ1v) is 9.66. The molecule has 0 aromatic carbocycles. The molecule has 1 atom stereocenters. The Morgan fingerprint density at radius 1 is 1.26 bits per heavy atom. The van der Waals surface area contributed by atoms with Gasteiger partial charge < -0.3 is 15.1 Å². The number of hydrogen-bond acceptors (Lipinski definition) is 8. The van der Waals surface area contributed by atoms with Crippen molar-refractivity contribution in [1.29, 1.82) is 0 Å². The van der Waals surface area contributed by atoms with Gasteiger partial charge in [-0.15, -0.1) is 11.0 Å². The van der Waals surface area contributed by atoms with Crippen molar-refractivity contribution in [3.63, 3.8) is 0 Å². The zero-order valence-electron chi connectivity index (χ0n) is 17.3. The number of halogens is 3. The number of nitrogens with zero attached hydrogens (tertiary/aromatic N) is 5. The van der Waals surface area contributed by atoms with Crippen molar-refractivity contribution in [1.82, 2.24) is 19.4 Å². The van der Waals surface area contributed by atoms with E-state index in [1.54, 1.807) is 18.7 Å². The maximum Gasteiger partial charge on any atom is 0.493 e. The quantitative estimate of drug-likeness (QED) is 0.618.